The predicted octanol–water partition coefficient (Wildman–Crippen LogP) is 0.311. The molecule has 1 amide bonds. The molecule has 0 aliphatic heterocycles. The van der Waals surface area contributed by atoms with Gasteiger partial charge in [0.1, 0.15) is 0 Å². The molecule has 3 N–H and O–H groups in total. The lowest BCUT2D eigenvalue weighted by atomic mass is 10.1. The maximum atomic E-state index is 12.1. The smallest absolute Gasteiger partial charge is 0.272 e. The molecule has 0 aliphatic rings. The van der Waals surface area contributed by atoms with E-state index >= 15 is 0 Å². The zero-order valence-corrected chi connectivity index (χ0v) is 13.0. The molecule has 0 saturated heterocycles. The summed E-state index contributed by atoms with van der Waals surface area (Å²) >= 11 is 0. The van der Waals surface area contributed by atoms with Crippen LogP contribution in [0.3, 0.4) is 0 Å². The Morgan fingerprint density at radius 2 is 1.95 bits per heavy atom. The van der Waals surface area contributed by atoms with Gasteiger partial charge in [-0.25, -0.2) is 5.10 Å². The minimum atomic E-state index is -0.309. The summed E-state index contributed by atoms with van der Waals surface area (Å²) in [6.07, 6.45) is 0. The quantitative estimate of drug-likeness (QED) is 0.636. The molecule has 1 aromatic carbocycles. The van der Waals surface area contributed by atoms with Crippen molar-refractivity contribution in [3.63, 3.8) is 0 Å². The Morgan fingerprint density at radius 3 is 2.68 bits per heavy atom. The van der Waals surface area contributed by atoms with Gasteiger partial charge < -0.3 is 15.4 Å². The lowest BCUT2D eigenvalue weighted by molar-refractivity contribution is 0.0949. The monoisotopic (exact) mass is 326 g/mol. The minimum absolute atomic E-state index is 0. The summed E-state index contributed by atoms with van der Waals surface area (Å²) in [7, 11) is 1.64. The second-order valence-electron chi connectivity index (χ2n) is 4.45. The highest BCUT2D eigenvalue weighted by Crippen LogP contribution is 2.11. The number of carbonyl (C=O) groups excluding carboxylic acids is 1. The van der Waals surface area contributed by atoms with Crippen molar-refractivity contribution in [3.05, 3.63) is 40.3 Å². The van der Waals surface area contributed by atoms with Gasteiger partial charge in [-0.3, -0.25) is 9.59 Å². The average Bonchev–Trinajstić information content (AvgIpc) is 2.51. The van der Waals surface area contributed by atoms with Crippen molar-refractivity contribution in [1.82, 2.24) is 20.8 Å². The van der Waals surface area contributed by atoms with Crippen molar-refractivity contribution < 1.29 is 9.53 Å². The topological polar surface area (TPSA) is 96.1 Å². The fourth-order valence-corrected chi connectivity index (χ4v) is 1.94. The first-order valence-corrected chi connectivity index (χ1v) is 6.69. The Morgan fingerprint density at radius 1 is 1.23 bits per heavy atom. The number of aromatic nitrogens is 2. The standard InChI is InChI=1S/C14H18N4O3.ClH/c1-21-9-8-15-6-7-16-14(20)12-10-4-2-3-5-11(10)13(19)18-17-12;/h2-5,15H,6-9H2,1H3,(H,16,20)(H,18,19);1H. The molecule has 0 aliphatic carbocycles. The van der Waals surface area contributed by atoms with Crippen LogP contribution in [0.2, 0.25) is 0 Å². The van der Waals surface area contributed by atoms with Crippen LogP contribution in [-0.4, -0.2) is 49.5 Å². The number of fused-ring (bicyclic) bond motifs is 1. The van der Waals surface area contributed by atoms with Gasteiger partial charge in [-0.05, 0) is 6.07 Å². The lowest BCUT2D eigenvalue weighted by Gasteiger charge is -2.07. The van der Waals surface area contributed by atoms with Crippen LogP contribution in [0.4, 0.5) is 0 Å². The molecule has 0 unspecified atom stereocenters. The molecule has 0 bridgehead atoms. The molecular formula is C14H19ClN4O3. The van der Waals surface area contributed by atoms with Crippen molar-refractivity contribution >= 4 is 29.1 Å². The number of methoxy groups -OCH3 is 1. The zero-order valence-electron chi connectivity index (χ0n) is 12.2. The number of ether oxygens (including phenoxy) is 1. The van der Waals surface area contributed by atoms with Gasteiger partial charge >= 0.3 is 0 Å². The van der Waals surface area contributed by atoms with Crippen LogP contribution in [0.1, 0.15) is 10.5 Å². The second kappa shape index (κ2) is 9.14. The molecule has 1 aromatic heterocycles. The van der Waals surface area contributed by atoms with Crippen molar-refractivity contribution in [3.8, 4) is 0 Å². The number of rotatable bonds is 7. The molecule has 2 rings (SSSR count). The highest BCUT2D eigenvalue weighted by atomic mass is 35.5. The highest BCUT2D eigenvalue weighted by Gasteiger charge is 2.12. The number of nitrogens with zero attached hydrogens (tertiary/aromatic N) is 1. The van der Waals surface area contributed by atoms with E-state index in [1.165, 1.54) is 0 Å². The van der Waals surface area contributed by atoms with Gasteiger partial charge in [-0.2, -0.15) is 5.10 Å². The molecule has 22 heavy (non-hydrogen) atoms. The third-order valence-corrected chi connectivity index (χ3v) is 2.98. The molecule has 8 heteroatoms. The number of aromatic amines is 1. The number of nitrogens with one attached hydrogen (secondary N) is 3. The van der Waals surface area contributed by atoms with Gasteiger partial charge in [0.25, 0.3) is 11.5 Å². The number of halogens is 1. The van der Waals surface area contributed by atoms with Gasteiger partial charge in [0, 0.05) is 32.1 Å². The maximum Gasteiger partial charge on any atom is 0.272 e. The van der Waals surface area contributed by atoms with Crippen molar-refractivity contribution in [2.45, 2.75) is 0 Å². The fraction of sp³-hybridized carbons (Fsp3) is 0.357. The molecule has 2 aromatic rings. The van der Waals surface area contributed by atoms with E-state index < -0.39 is 0 Å². The van der Waals surface area contributed by atoms with Crippen LogP contribution in [-0.2, 0) is 4.74 Å². The van der Waals surface area contributed by atoms with Crippen molar-refractivity contribution in [2.75, 3.05) is 33.4 Å². The molecule has 0 spiro atoms. The van der Waals surface area contributed by atoms with Crippen LogP contribution in [0.15, 0.2) is 29.1 Å². The van der Waals surface area contributed by atoms with Crippen LogP contribution < -0.4 is 16.2 Å². The van der Waals surface area contributed by atoms with E-state index in [0.29, 0.717) is 30.5 Å². The Balaban J connectivity index is 0.00000242. The summed E-state index contributed by atoms with van der Waals surface area (Å²) in [6, 6.07) is 6.90. The number of amides is 1. The zero-order chi connectivity index (χ0) is 15.1. The van der Waals surface area contributed by atoms with Gasteiger partial charge in [0.2, 0.25) is 0 Å². The van der Waals surface area contributed by atoms with Crippen molar-refractivity contribution in [1.29, 1.82) is 0 Å². The molecular weight excluding hydrogens is 308 g/mol. The summed E-state index contributed by atoms with van der Waals surface area (Å²) in [5.41, 5.74) is -0.0783. The molecule has 0 saturated carbocycles. The minimum Gasteiger partial charge on any atom is -0.383 e. The summed E-state index contributed by atoms with van der Waals surface area (Å²) in [5, 5.41) is 13.1. The summed E-state index contributed by atoms with van der Waals surface area (Å²) < 4.78 is 4.90. The first kappa shape index (κ1) is 18.1. The van der Waals surface area contributed by atoms with E-state index in [4.69, 9.17) is 4.74 Å². The second-order valence-corrected chi connectivity index (χ2v) is 4.45. The molecule has 0 atom stereocenters. The average molecular weight is 327 g/mol. The van der Waals surface area contributed by atoms with Gasteiger partial charge in [-0.15, -0.1) is 12.4 Å². The Hall–Kier alpha value is -1.96. The van der Waals surface area contributed by atoms with E-state index in [9.17, 15) is 9.59 Å². The van der Waals surface area contributed by atoms with E-state index in [-0.39, 0.29) is 29.6 Å². The number of benzene rings is 1. The number of hydrogen-bond donors (Lipinski definition) is 3. The van der Waals surface area contributed by atoms with Crippen LogP contribution in [0, 0.1) is 0 Å². The SMILES string of the molecule is COCCNCCNC(=O)c1n[nH]c(=O)c2ccccc12.Cl. The van der Waals surface area contributed by atoms with Crippen LogP contribution in [0.5, 0.6) is 0 Å². The van der Waals surface area contributed by atoms with Crippen LogP contribution >= 0.6 is 12.4 Å². The number of H-pyrrole nitrogens is 1. The van der Waals surface area contributed by atoms with E-state index in [1.807, 2.05) is 0 Å². The Kier molecular flexibility index (Phi) is 7.51. The van der Waals surface area contributed by atoms with Crippen LogP contribution in [0.25, 0.3) is 10.8 Å². The maximum absolute atomic E-state index is 12.1. The van der Waals surface area contributed by atoms with Crippen molar-refractivity contribution in [2.24, 2.45) is 0 Å². The van der Waals surface area contributed by atoms with Gasteiger partial charge in [0.05, 0.1) is 12.0 Å². The molecule has 7 nitrogen and oxygen atoms in total. The Bertz CT molecular complexity index is 674. The predicted molar refractivity (Wildman–Crippen MR) is 86.7 cm³/mol. The number of carbonyl (C=O) groups is 1. The molecule has 120 valence electrons. The lowest BCUT2D eigenvalue weighted by Crippen LogP contribution is -2.34. The summed E-state index contributed by atoms with van der Waals surface area (Å²) in [6.45, 7) is 2.46. The summed E-state index contributed by atoms with van der Waals surface area (Å²) in [5.74, 6) is -0.309. The largest absolute Gasteiger partial charge is 0.383 e. The number of hydrogen-bond acceptors (Lipinski definition) is 5. The fourth-order valence-electron chi connectivity index (χ4n) is 1.94. The molecule has 0 fully saturated rings. The highest BCUT2D eigenvalue weighted by molar-refractivity contribution is 6.04. The first-order valence-electron chi connectivity index (χ1n) is 6.69. The van der Waals surface area contributed by atoms with Gasteiger partial charge in [-0.1, -0.05) is 18.2 Å². The summed E-state index contributed by atoms with van der Waals surface area (Å²) in [4.78, 5) is 23.8. The molecule has 1 heterocycles. The van der Waals surface area contributed by atoms with Gasteiger partial charge in [0.15, 0.2) is 5.69 Å². The van der Waals surface area contributed by atoms with E-state index in [1.54, 1.807) is 31.4 Å². The van der Waals surface area contributed by atoms with E-state index in [0.717, 1.165) is 6.54 Å². The molecule has 0 radical (unpaired) electrons. The third kappa shape index (κ3) is 4.52. The van der Waals surface area contributed by atoms with E-state index in [2.05, 4.69) is 20.8 Å². The first-order chi connectivity index (χ1) is 10.2. The normalized spacial score (nSPS) is 10.2. The third-order valence-electron chi connectivity index (χ3n) is 2.98. The Labute approximate surface area is 133 Å².